The zero-order chi connectivity index (χ0) is 12.1. The summed E-state index contributed by atoms with van der Waals surface area (Å²) in [6.45, 7) is 1.98. The minimum absolute atomic E-state index is 0.0245. The Hall–Kier alpha value is -1.30. The van der Waals surface area contributed by atoms with Gasteiger partial charge in [-0.1, -0.05) is 0 Å². The van der Waals surface area contributed by atoms with E-state index in [4.69, 9.17) is 15.6 Å². The van der Waals surface area contributed by atoms with E-state index in [0.29, 0.717) is 13.0 Å². The van der Waals surface area contributed by atoms with E-state index in [0.717, 1.165) is 6.42 Å². The van der Waals surface area contributed by atoms with Gasteiger partial charge in [-0.25, -0.2) is 4.79 Å². The standard InChI is InChI=1S/C10H18N2O4/c1-7-2-3-8(9(11)14)6-12(7)10(15)16-5-4-13/h7-8,13H,2-6H2,1H3,(H2,11,14). The van der Waals surface area contributed by atoms with Gasteiger partial charge in [-0.2, -0.15) is 0 Å². The Morgan fingerprint density at radius 2 is 2.19 bits per heavy atom. The maximum absolute atomic E-state index is 11.6. The Kier molecular flexibility index (Phi) is 4.54. The molecule has 2 amide bonds. The molecule has 0 aromatic rings. The quantitative estimate of drug-likeness (QED) is 0.696. The maximum Gasteiger partial charge on any atom is 0.410 e. The topological polar surface area (TPSA) is 92.9 Å². The number of nitrogens with zero attached hydrogens (tertiary/aromatic N) is 1. The normalized spacial score (nSPS) is 25.2. The Bertz CT molecular complexity index is 270. The number of carbonyl (C=O) groups is 2. The molecule has 0 aromatic carbocycles. The van der Waals surface area contributed by atoms with Gasteiger partial charge in [0.1, 0.15) is 6.61 Å². The first kappa shape index (κ1) is 12.8. The van der Waals surface area contributed by atoms with Crippen molar-refractivity contribution in [1.29, 1.82) is 0 Å². The molecule has 0 spiro atoms. The van der Waals surface area contributed by atoms with E-state index in [2.05, 4.69) is 0 Å². The second-order valence-electron chi connectivity index (χ2n) is 4.02. The average molecular weight is 230 g/mol. The van der Waals surface area contributed by atoms with Gasteiger partial charge in [0.15, 0.2) is 0 Å². The lowest BCUT2D eigenvalue weighted by molar-refractivity contribution is -0.123. The van der Waals surface area contributed by atoms with Crippen LogP contribution in [-0.4, -0.2) is 47.8 Å². The van der Waals surface area contributed by atoms with E-state index in [-0.39, 0.29) is 31.1 Å². The van der Waals surface area contributed by atoms with Gasteiger partial charge in [-0.3, -0.25) is 4.79 Å². The molecule has 1 saturated heterocycles. The fourth-order valence-electron chi connectivity index (χ4n) is 1.81. The highest BCUT2D eigenvalue weighted by atomic mass is 16.6. The summed E-state index contributed by atoms with van der Waals surface area (Å²) in [5, 5.41) is 8.55. The van der Waals surface area contributed by atoms with Crippen molar-refractivity contribution in [2.45, 2.75) is 25.8 Å². The van der Waals surface area contributed by atoms with Crippen LogP contribution in [0.5, 0.6) is 0 Å². The molecule has 1 rings (SSSR count). The van der Waals surface area contributed by atoms with Crippen LogP contribution in [-0.2, 0) is 9.53 Å². The highest BCUT2D eigenvalue weighted by Crippen LogP contribution is 2.22. The number of nitrogens with two attached hydrogens (primary N) is 1. The molecular weight excluding hydrogens is 212 g/mol. The van der Waals surface area contributed by atoms with Crippen LogP contribution in [0.25, 0.3) is 0 Å². The largest absolute Gasteiger partial charge is 0.447 e. The number of ether oxygens (including phenoxy) is 1. The number of amides is 2. The average Bonchev–Trinajstić information content (AvgIpc) is 2.26. The summed E-state index contributed by atoms with van der Waals surface area (Å²) in [7, 11) is 0. The lowest BCUT2D eigenvalue weighted by Crippen LogP contribution is -2.48. The van der Waals surface area contributed by atoms with Crippen LogP contribution in [0, 0.1) is 5.92 Å². The number of likely N-dealkylation sites (tertiary alicyclic amines) is 1. The van der Waals surface area contributed by atoms with Crippen molar-refractivity contribution in [3.63, 3.8) is 0 Å². The minimum atomic E-state index is -0.493. The van der Waals surface area contributed by atoms with Crippen molar-refractivity contribution in [1.82, 2.24) is 4.90 Å². The Morgan fingerprint density at radius 3 is 2.75 bits per heavy atom. The number of rotatable bonds is 3. The summed E-state index contributed by atoms with van der Waals surface area (Å²) in [5.41, 5.74) is 5.22. The van der Waals surface area contributed by atoms with E-state index in [1.54, 1.807) is 0 Å². The summed E-state index contributed by atoms with van der Waals surface area (Å²) in [5.74, 6) is -0.676. The molecule has 16 heavy (non-hydrogen) atoms. The van der Waals surface area contributed by atoms with Gasteiger partial charge >= 0.3 is 6.09 Å². The lowest BCUT2D eigenvalue weighted by Gasteiger charge is -2.35. The van der Waals surface area contributed by atoms with Crippen LogP contribution in [0.1, 0.15) is 19.8 Å². The van der Waals surface area contributed by atoms with Gasteiger partial charge in [0, 0.05) is 12.6 Å². The molecule has 1 aliphatic rings. The van der Waals surface area contributed by atoms with Crippen LogP contribution in [0.2, 0.25) is 0 Å². The number of primary amides is 1. The first-order valence-corrected chi connectivity index (χ1v) is 5.39. The first-order chi connectivity index (χ1) is 7.56. The molecule has 6 nitrogen and oxygen atoms in total. The van der Waals surface area contributed by atoms with Crippen LogP contribution in [0.4, 0.5) is 4.79 Å². The first-order valence-electron chi connectivity index (χ1n) is 5.39. The molecule has 0 radical (unpaired) electrons. The summed E-state index contributed by atoms with van der Waals surface area (Å²) in [6, 6.07) is 0.0433. The third kappa shape index (κ3) is 3.10. The lowest BCUT2D eigenvalue weighted by atomic mass is 9.93. The number of hydrogen-bond donors (Lipinski definition) is 2. The maximum atomic E-state index is 11.6. The second-order valence-corrected chi connectivity index (χ2v) is 4.02. The van der Waals surface area contributed by atoms with E-state index >= 15 is 0 Å². The molecule has 3 N–H and O–H groups in total. The van der Waals surface area contributed by atoms with Crippen LogP contribution >= 0.6 is 0 Å². The van der Waals surface area contributed by atoms with Crippen LogP contribution < -0.4 is 5.73 Å². The van der Waals surface area contributed by atoms with Gasteiger partial charge in [-0.05, 0) is 19.8 Å². The molecule has 2 atom stereocenters. The predicted molar refractivity (Wildman–Crippen MR) is 56.5 cm³/mol. The van der Waals surface area contributed by atoms with Crippen molar-refractivity contribution in [2.75, 3.05) is 19.8 Å². The van der Waals surface area contributed by atoms with Gasteiger partial charge < -0.3 is 20.5 Å². The molecule has 2 unspecified atom stereocenters. The smallest absolute Gasteiger partial charge is 0.410 e. The number of aliphatic hydroxyl groups excluding tert-OH is 1. The van der Waals surface area contributed by atoms with Crippen LogP contribution in [0.15, 0.2) is 0 Å². The number of aliphatic hydroxyl groups is 1. The second kappa shape index (κ2) is 5.69. The molecule has 0 saturated carbocycles. The Labute approximate surface area is 94.3 Å². The SMILES string of the molecule is CC1CCC(C(N)=O)CN1C(=O)OCCO. The van der Waals surface area contributed by atoms with E-state index in [1.807, 2.05) is 6.92 Å². The summed E-state index contributed by atoms with van der Waals surface area (Å²) in [6.07, 6.45) is 0.953. The predicted octanol–water partition coefficient (Wildman–Crippen LogP) is -0.299. The highest BCUT2D eigenvalue weighted by molar-refractivity contribution is 5.78. The monoisotopic (exact) mass is 230 g/mol. The minimum Gasteiger partial charge on any atom is -0.447 e. The zero-order valence-electron chi connectivity index (χ0n) is 9.39. The number of carbonyl (C=O) groups excluding carboxylic acids is 2. The molecule has 0 bridgehead atoms. The Morgan fingerprint density at radius 1 is 1.50 bits per heavy atom. The van der Waals surface area contributed by atoms with Crippen LogP contribution in [0.3, 0.4) is 0 Å². The van der Waals surface area contributed by atoms with Crippen molar-refractivity contribution in [2.24, 2.45) is 11.7 Å². The van der Waals surface area contributed by atoms with Crippen molar-refractivity contribution < 1.29 is 19.4 Å². The Balaban J connectivity index is 2.55. The van der Waals surface area contributed by atoms with Gasteiger partial charge in [0.2, 0.25) is 5.91 Å². The van der Waals surface area contributed by atoms with E-state index < -0.39 is 6.09 Å². The van der Waals surface area contributed by atoms with Gasteiger partial charge in [0.05, 0.1) is 12.5 Å². The van der Waals surface area contributed by atoms with E-state index in [9.17, 15) is 9.59 Å². The molecule has 92 valence electrons. The fraction of sp³-hybridized carbons (Fsp3) is 0.800. The number of hydrogen-bond acceptors (Lipinski definition) is 4. The zero-order valence-corrected chi connectivity index (χ0v) is 9.39. The third-order valence-corrected chi connectivity index (χ3v) is 2.84. The molecule has 1 aliphatic heterocycles. The van der Waals surface area contributed by atoms with Crippen molar-refractivity contribution in [3.05, 3.63) is 0 Å². The molecular formula is C10H18N2O4. The molecule has 6 heteroatoms. The highest BCUT2D eigenvalue weighted by Gasteiger charge is 2.32. The summed E-state index contributed by atoms with van der Waals surface area (Å²) in [4.78, 5) is 24.1. The molecule has 1 heterocycles. The van der Waals surface area contributed by atoms with Gasteiger partial charge in [0.25, 0.3) is 0 Å². The summed E-state index contributed by atoms with van der Waals surface area (Å²) >= 11 is 0. The third-order valence-electron chi connectivity index (χ3n) is 2.84. The summed E-state index contributed by atoms with van der Waals surface area (Å²) < 4.78 is 4.81. The van der Waals surface area contributed by atoms with E-state index in [1.165, 1.54) is 4.90 Å². The van der Waals surface area contributed by atoms with Gasteiger partial charge in [-0.15, -0.1) is 0 Å². The fourth-order valence-corrected chi connectivity index (χ4v) is 1.81. The molecule has 0 aromatic heterocycles. The van der Waals surface area contributed by atoms with Crippen molar-refractivity contribution >= 4 is 12.0 Å². The number of piperidine rings is 1. The molecule has 0 aliphatic carbocycles. The molecule has 1 fully saturated rings. The van der Waals surface area contributed by atoms with Crippen molar-refractivity contribution in [3.8, 4) is 0 Å².